The van der Waals surface area contributed by atoms with Gasteiger partial charge >= 0.3 is 17.1 Å². The zero-order valence-corrected chi connectivity index (χ0v) is 16.5. The van der Waals surface area contributed by atoms with Crippen LogP contribution in [0.4, 0.5) is 0 Å². The van der Waals surface area contributed by atoms with Crippen molar-refractivity contribution in [1.29, 1.82) is 15.8 Å². The fourth-order valence-corrected chi connectivity index (χ4v) is 2.92. The van der Waals surface area contributed by atoms with Crippen LogP contribution in [0.1, 0.15) is 60.8 Å². The molecule has 1 aromatic rings. The molecule has 0 spiro atoms. The average molecular weight is 372 g/mol. The van der Waals surface area contributed by atoms with E-state index in [0.717, 1.165) is 13.7 Å². The largest absolute Gasteiger partial charge is 0.337 e. The van der Waals surface area contributed by atoms with Crippen molar-refractivity contribution in [2.45, 2.75) is 77.4 Å². The molecule has 0 aliphatic heterocycles. The molecule has 0 aliphatic rings. The molecule has 0 unspecified atom stereocenters. The van der Waals surface area contributed by atoms with Gasteiger partial charge in [-0.2, -0.15) is 15.8 Å². The molecular weight excluding hydrogens is 348 g/mol. The minimum Gasteiger partial charge on any atom is -0.247 e. The van der Waals surface area contributed by atoms with E-state index in [1.165, 1.54) is 0 Å². The van der Waals surface area contributed by atoms with E-state index in [1.54, 1.807) is 41.5 Å². The van der Waals surface area contributed by atoms with Gasteiger partial charge in [-0.05, 0) is 41.5 Å². The highest BCUT2D eigenvalue weighted by Gasteiger charge is 2.36. The summed E-state index contributed by atoms with van der Waals surface area (Å²) in [6.45, 7) is 9.29. The molecule has 0 aromatic carbocycles. The lowest BCUT2D eigenvalue weighted by molar-refractivity contribution is 0.218. The fourth-order valence-electron chi connectivity index (χ4n) is 2.92. The van der Waals surface area contributed by atoms with Gasteiger partial charge in [0, 0.05) is 0 Å². The zero-order chi connectivity index (χ0) is 21.2. The summed E-state index contributed by atoms with van der Waals surface area (Å²) in [5, 5.41) is 27.3. The molecule has 0 bridgehead atoms. The Bertz CT molecular complexity index is 868. The van der Waals surface area contributed by atoms with E-state index in [1.807, 2.05) is 18.2 Å². The molecule has 144 valence electrons. The zero-order valence-electron chi connectivity index (χ0n) is 16.5. The van der Waals surface area contributed by atoms with Crippen molar-refractivity contribution in [3.8, 4) is 18.2 Å². The second-order valence-electron chi connectivity index (χ2n) is 8.30. The molecule has 0 atom stereocenters. The molecule has 1 aromatic heterocycles. The van der Waals surface area contributed by atoms with Crippen LogP contribution in [0, 0.1) is 34.0 Å². The number of nitriles is 3. The predicted octanol–water partition coefficient (Wildman–Crippen LogP) is 1.12. The third-order valence-corrected chi connectivity index (χ3v) is 4.50. The van der Waals surface area contributed by atoms with Crippen LogP contribution in [-0.4, -0.2) is 13.7 Å². The standard InChI is InChI=1S/C18H24N6O3/c1-16(2,7-10-19)22-13(25)23(17(3,4)8-11-20)15(27)24(14(22)26)18(5,6)9-12-21/h7-9H2,1-6H3. The third kappa shape index (κ3) is 3.85. The molecule has 0 amide bonds. The van der Waals surface area contributed by atoms with Gasteiger partial charge in [-0.3, -0.25) is 0 Å². The lowest BCUT2D eigenvalue weighted by Gasteiger charge is -2.33. The Balaban J connectivity index is 4.24. The number of hydrogen-bond donors (Lipinski definition) is 0. The Kier molecular flexibility index (Phi) is 5.88. The quantitative estimate of drug-likeness (QED) is 0.733. The lowest BCUT2D eigenvalue weighted by Crippen LogP contribution is -2.64. The minimum atomic E-state index is -1.19. The summed E-state index contributed by atoms with van der Waals surface area (Å²) in [7, 11) is 0. The van der Waals surface area contributed by atoms with E-state index < -0.39 is 33.7 Å². The predicted molar refractivity (Wildman–Crippen MR) is 97.9 cm³/mol. The van der Waals surface area contributed by atoms with Gasteiger partial charge in [0.25, 0.3) is 0 Å². The van der Waals surface area contributed by atoms with Crippen molar-refractivity contribution in [3.63, 3.8) is 0 Å². The summed E-state index contributed by atoms with van der Waals surface area (Å²) < 4.78 is 2.61. The molecule has 9 nitrogen and oxygen atoms in total. The summed E-state index contributed by atoms with van der Waals surface area (Å²) in [4.78, 5) is 39.4. The molecule has 27 heavy (non-hydrogen) atoms. The number of nitrogens with zero attached hydrogens (tertiary/aromatic N) is 6. The lowest BCUT2D eigenvalue weighted by atomic mass is 9.99. The van der Waals surface area contributed by atoms with Crippen LogP contribution in [0.5, 0.6) is 0 Å². The molecule has 0 N–H and O–H groups in total. The van der Waals surface area contributed by atoms with Gasteiger partial charge in [0.2, 0.25) is 0 Å². The van der Waals surface area contributed by atoms with E-state index in [4.69, 9.17) is 15.8 Å². The van der Waals surface area contributed by atoms with Crippen molar-refractivity contribution in [3.05, 3.63) is 31.5 Å². The van der Waals surface area contributed by atoms with Gasteiger partial charge in [-0.1, -0.05) is 0 Å². The van der Waals surface area contributed by atoms with E-state index in [9.17, 15) is 14.4 Å². The SMILES string of the molecule is CC(C)(CC#N)n1c(=O)n(C(C)(C)CC#N)c(=O)n(C(C)(C)CC#N)c1=O. The second-order valence-corrected chi connectivity index (χ2v) is 8.30. The van der Waals surface area contributed by atoms with Crippen LogP contribution in [0.15, 0.2) is 14.4 Å². The van der Waals surface area contributed by atoms with Gasteiger partial charge < -0.3 is 0 Å². The van der Waals surface area contributed by atoms with Crippen LogP contribution < -0.4 is 17.1 Å². The van der Waals surface area contributed by atoms with Crippen molar-refractivity contribution in [1.82, 2.24) is 13.7 Å². The van der Waals surface area contributed by atoms with Gasteiger partial charge in [0.05, 0.1) is 54.1 Å². The summed E-state index contributed by atoms with van der Waals surface area (Å²) >= 11 is 0. The first-order valence-corrected chi connectivity index (χ1v) is 8.42. The first-order chi connectivity index (χ1) is 12.3. The van der Waals surface area contributed by atoms with Gasteiger partial charge in [-0.15, -0.1) is 0 Å². The smallest absolute Gasteiger partial charge is 0.247 e. The molecule has 0 saturated carbocycles. The second kappa shape index (κ2) is 7.25. The highest BCUT2D eigenvalue weighted by atomic mass is 16.2. The Morgan fingerprint density at radius 3 is 0.926 bits per heavy atom. The van der Waals surface area contributed by atoms with E-state index in [2.05, 4.69) is 0 Å². The molecule has 9 heteroatoms. The van der Waals surface area contributed by atoms with E-state index >= 15 is 0 Å². The Labute approximate surface area is 157 Å². The monoisotopic (exact) mass is 372 g/mol. The van der Waals surface area contributed by atoms with Crippen LogP contribution in [-0.2, 0) is 16.6 Å². The first-order valence-electron chi connectivity index (χ1n) is 8.42. The normalized spacial score (nSPS) is 12.1. The Hall–Kier alpha value is -3.12. The van der Waals surface area contributed by atoms with Crippen LogP contribution in [0.25, 0.3) is 0 Å². The van der Waals surface area contributed by atoms with Gasteiger partial charge in [0.1, 0.15) is 0 Å². The van der Waals surface area contributed by atoms with Gasteiger partial charge in [-0.25, -0.2) is 28.1 Å². The summed E-state index contributed by atoms with van der Waals surface area (Å²) in [5.41, 5.74) is -6.21. The number of hydrogen-bond acceptors (Lipinski definition) is 6. The number of aromatic nitrogens is 3. The molecular formula is C18H24N6O3. The van der Waals surface area contributed by atoms with Crippen LogP contribution in [0.3, 0.4) is 0 Å². The minimum absolute atomic E-state index is 0.141. The molecule has 0 fully saturated rings. The molecule has 1 heterocycles. The molecule has 1 rings (SSSR count). The Morgan fingerprint density at radius 1 is 0.593 bits per heavy atom. The third-order valence-electron chi connectivity index (χ3n) is 4.50. The molecule has 0 aliphatic carbocycles. The fraction of sp³-hybridized carbons (Fsp3) is 0.667. The van der Waals surface area contributed by atoms with Crippen molar-refractivity contribution >= 4 is 0 Å². The summed E-state index contributed by atoms with van der Waals surface area (Å²) in [6, 6.07) is 5.83. The highest BCUT2D eigenvalue weighted by Crippen LogP contribution is 2.20. The topological polar surface area (TPSA) is 137 Å². The van der Waals surface area contributed by atoms with Crippen molar-refractivity contribution < 1.29 is 0 Å². The van der Waals surface area contributed by atoms with Gasteiger partial charge in [0.15, 0.2) is 0 Å². The molecule has 0 saturated heterocycles. The highest BCUT2D eigenvalue weighted by molar-refractivity contribution is 5.00. The number of rotatable bonds is 6. The summed E-state index contributed by atoms with van der Waals surface area (Å²) in [5.74, 6) is 0. The van der Waals surface area contributed by atoms with Crippen LogP contribution >= 0.6 is 0 Å². The first kappa shape index (κ1) is 21.9. The van der Waals surface area contributed by atoms with Crippen molar-refractivity contribution in [2.75, 3.05) is 0 Å². The maximum Gasteiger partial charge on any atom is 0.337 e. The molecule has 0 radical (unpaired) electrons. The maximum absolute atomic E-state index is 13.1. The van der Waals surface area contributed by atoms with E-state index in [-0.39, 0.29) is 19.3 Å². The Morgan fingerprint density at radius 2 is 0.778 bits per heavy atom. The summed E-state index contributed by atoms with van der Waals surface area (Å²) in [6.07, 6.45) is -0.423. The van der Waals surface area contributed by atoms with Crippen molar-refractivity contribution in [2.24, 2.45) is 0 Å². The van der Waals surface area contributed by atoms with Crippen LogP contribution in [0.2, 0.25) is 0 Å². The maximum atomic E-state index is 13.1. The van der Waals surface area contributed by atoms with E-state index in [0.29, 0.717) is 0 Å². The average Bonchev–Trinajstić information content (AvgIpc) is 2.44.